The number of anilines is 1. The molecule has 0 saturated carbocycles. The highest BCUT2D eigenvalue weighted by molar-refractivity contribution is 7.13. The molecule has 0 radical (unpaired) electrons. The third-order valence-electron chi connectivity index (χ3n) is 5.00. The van der Waals surface area contributed by atoms with Crippen LogP contribution < -0.4 is 5.32 Å². The molecule has 146 valence electrons. The third kappa shape index (κ3) is 4.31. The lowest BCUT2D eigenvalue weighted by molar-refractivity contribution is 0.102. The molecule has 7 heteroatoms. The molecule has 1 N–H and O–H groups in total. The van der Waals surface area contributed by atoms with Gasteiger partial charge in [0.15, 0.2) is 0 Å². The van der Waals surface area contributed by atoms with E-state index in [0.717, 1.165) is 48.0 Å². The quantitative estimate of drug-likeness (QED) is 0.655. The molecule has 1 unspecified atom stereocenters. The maximum absolute atomic E-state index is 12.4. The average Bonchev–Trinajstić information content (AvgIpc) is 3.39. The summed E-state index contributed by atoms with van der Waals surface area (Å²) in [6.45, 7) is 3.78. The van der Waals surface area contributed by atoms with Gasteiger partial charge in [0, 0.05) is 12.1 Å². The third-order valence-corrected chi connectivity index (χ3v) is 5.91. The number of nitrogens with zero attached hydrogens (tertiary/aromatic N) is 3. The zero-order valence-electron chi connectivity index (χ0n) is 15.9. The Morgan fingerprint density at radius 1 is 1.21 bits per heavy atom. The van der Waals surface area contributed by atoms with Gasteiger partial charge in [-0.15, -0.1) is 10.2 Å². The Morgan fingerprint density at radius 2 is 2.07 bits per heavy atom. The summed E-state index contributed by atoms with van der Waals surface area (Å²) >= 11 is 1.35. The fourth-order valence-electron chi connectivity index (χ4n) is 3.56. The van der Waals surface area contributed by atoms with Gasteiger partial charge in [0.1, 0.15) is 16.5 Å². The second kappa shape index (κ2) is 8.67. The van der Waals surface area contributed by atoms with Crippen LogP contribution >= 0.6 is 11.3 Å². The van der Waals surface area contributed by atoms with E-state index in [2.05, 4.69) is 39.5 Å². The van der Waals surface area contributed by atoms with Gasteiger partial charge in [-0.2, -0.15) is 0 Å². The summed E-state index contributed by atoms with van der Waals surface area (Å²) in [5.41, 5.74) is 0.755. The van der Waals surface area contributed by atoms with Crippen molar-refractivity contribution in [3.8, 4) is 0 Å². The predicted molar refractivity (Wildman–Crippen MR) is 109 cm³/mol. The molecule has 28 heavy (non-hydrogen) atoms. The normalized spacial score (nSPS) is 17.5. The van der Waals surface area contributed by atoms with Crippen LogP contribution in [0, 0.1) is 0 Å². The van der Waals surface area contributed by atoms with E-state index < -0.39 is 0 Å². The molecular weight excluding hydrogens is 372 g/mol. The lowest BCUT2D eigenvalue weighted by atomic mass is 10.0. The number of benzene rings is 1. The van der Waals surface area contributed by atoms with Gasteiger partial charge in [-0.1, -0.05) is 42.9 Å². The first-order chi connectivity index (χ1) is 13.7. The molecule has 3 heterocycles. The van der Waals surface area contributed by atoms with Crippen LogP contribution in [0.1, 0.15) is 58.6 Å². The summed E-state index contributed by atoms with van der Waals surface area (Å²) in [7, 11) is 0. The van der Waals surface area contributed by atoms with E-state index in [4.69, 9.17) is 4.42 Å². The minimum Gasteiger partial charge on any atom is -0.464 e. The van der Waals surface area contributed by atoms with Crippen LogP contribution in [0.3, 0.4) is 0 Å². The van der Waals surface area contributed by atoms with Crippen molar-refractivity contribution in [3.05, 3.63) is 64.0 Å². The molecule has 1 fully saturated rings. The number of nitrogens with one attached hydrogen (secondary N) is 1. The number of aryl methyl sites for hydroxylation is 1. The fourth-order valence-corrected chi connectivity index (χ4v) is 4.32. The van der Waals surface area contributed by atoms with Gasteiger partial charge < -0.3 is 9.73 Å². The Hall–Kier alpha value is -2.51. The number of carbonyl (C=O) groups excluding carboxylic acids is 1. The van der Waals surface area contributed by atoms with Crippen LogP contribution in [0.15, 0.2) is 46.9 Å². The molecule has 1 amide bonds. The Labute approximate surface area is 168 Å². The van der Waals surface area contributed by atoms with E-state index in [9.17, 15) is 4.79 Å². The zero-order valence-corrected chi connectivity index (χ0v) is 16.7. The van der Waals surface area contributed by atoms with Crippen LogP contribution in [0.2, 0.25) is 0 Å². The molecule has 4 rings (SSSR count). The largest absolute Gasteiger partial charge is 0.464 e. The fraction of sp³-hybridized carbons (Fsp3) is 0.381. The highest BCUT2D eigenvalue weighted by atomic mass is 32.1. The highest BCUT2D eigenvalue weighted by Crippen LogP contribution is 2.33. The van der Waals surface area contributed by atoms with Crippen molar-refractivity contribution in [1.82, 2.24) is 15.1 Å². The maximum Gasteiger partial charge on any atom is 0.286 e. The van der Waals surface area contributed by atoms with Crippen molar-refractivity contribution >= 4 is 22.9 Å². The summed E-state index contributed by atoms with van der Waals surface area (Å²) in [5, 5.41) is 12.5. The first-order valence-corrected chi connectivity index (χ1v) is 10.6. The number of hydrogen-bond donors (Lipinski definition) is 1. The van der Waals surface area contributed by atoms with E-state index in [-0.39, 0.29) is 11.9 Å². The second-order valence-corrected chi connectivity index (χ2v) is 8.02. The molecule has 1 aliphatic heterocycles. The van der Waals surface area contributed by atoms with Crippen molar-refractivity contribution in [2.24, 2.45) is 0 Å². The van der Waals surface area contributed by atoms with Gasteiger partial charge in [0.25, 0.3) is 5.91 Å². The molecule has 1 saturated heterocycles. The van der Waals surface area contributed by atoms with Gasteiger partial charge in [-0.05, 0) is 43.7 Å². The Bertz CT molecular complexity index is 921. The zero-order chi connectivity index (χ0) is 19.3. The lowest BCUT2D eigenvalue weighted by Crippen LogP contribution is -2.32. The number of amides is 1. The van der Waals surface area contributed by atoms with Crippen molar-refractivity contribution in [1.29, 1.82) is 0 Å². The Kier molecular flexibility index (Phi) is 5.83. The van der Waals surface area contributed by atoms with Gasteiger partial charge in [-0.3, -0.25) is 9.69 Å². The summed E-state index contributed by atoms with van der Waals surface area (Å²) in [6, 6.07) is 13.8. The van der Waals surface area contributed by atoms with E-state index in [1.165, 1.54) is 17.8 Å². The van der Waals surface area contributed by atoms with Gasteiger partial charge in [0.05, 0.1) is 12.6 Å². The maximum atomic E-state index is 12.4. The standard InChI is InChI=1S/C21H24N4O2S/c1-2-16-11-12-18(27-16)17-10-6-7-13-25(17)14-19-23-24-21(28-19)20(26)22-15-8-4-3-5-9-15/h3-5,8-9,11-12,17H,2,6-7,10,13-14H2,1H3,(H,22,26). The predicted octanol–water partition coefficient (Wildman–Crippen LogP) is 4.67. The van der Waals surface area contributed by atoms with Crippen LogP contribution in [-0.4, -0.2) is 27.5 Å². The summed E-state index contributed by atoms with van der Waals surface area (Å²) < 4.78 is 6.01. The Balaban J connectivity index is 1.43. The topological polar surface area (TPSA) is 71.3 Å². The molecule has 3 aromatic rings. The number of likely N-dealkylation sites (tertiary alicyclic amines) is 1. The molecule has 0 bridgehead atoms. The summed E-state index contributed by atoms with van der Waals surface area (Å²) in [5.74, 6) is 1.84. The molecule has 0 spiro atoms. The van der Waals surface area contributed by atoms with Crippen LogP contribution in [-0.2, 0) is 13.0 Å². The number of hydrogen-bond acceptors (Lipinski definition) is 6. The van der Waals surface area contributed by atoms with Crippen LogP contribution in [0.5, 0.6) is 0 Å². The number of rotatable bonds is 6. The minimum atomic E-state index is -0.219. The van der Waals surface area contributed by atoms with Gasteiger partial charge in [-0.25, -0.2) is 0 Å². The number of furan rings is 1. The molecule has 1 atom stereocenters. The number of para-hydroxylation sites is 1. The lowest BCUT2D eigenvalue weighted by Gasteiger charge is -2.33. The number of piperidine rings is 1. The van der Waals surface area contributed by atoms with E-state index in [1.807, 2.05) is 30.3 Å². The van der Waals surface area contributed by atoms with E-state index >= 15 is 0 Å². The number of aromatic nitrogens is 2. The molecule has 6 nitrogen and oxygen atoms in total. The molecule has 1 aromatic carbocycles. The SMILES string of the molecule is CCc1ccc(C2CCCCN2Cc2nnc(C(=O)Nc3ccccc3)s2)o1. The smallest absolute Gasteiger partial charge is 0.286 e. The first-order valence-electron chi connectivity index (χ1n) is 9.74. The first kappa shape index (κ1) is 18.8. The van der Waals surface area contributed by atoms with Crippen LogP contribution in [0.4, 0.5) is 5.69 Å². The second-order valence-electron chi connectivity index (χ2n) is 6.96. The van der Waals surface area contributed by atoms with Crippen molar-refractivity contribution in [3.63, 3.8) is 0 Å². The van der Waals surface area contributed by atoms with Gasteiger partial charge in [0.2, 0.25) is 5.01 Å². The van der Waals surface area contributed by atoms with E-state index in [0.29, 0.717) is 11.6 Å². The molecular formula is C21H24N4O2S. The monoisotopic (exact) mass is 396 g/mol. The average molecular weight is 397 g/mol. The van der Waals surface area contributed by atoms with E-state index in [1.54, 1.807) is 0 Å². The molecule has 1 aliphatic rings. The van der Waals surface area contributed by atoms with Crippen molar-refractivity contribution in [2.75, 3.05) is 11.9 Å². The van der Waals surface area contributed by atoms with Crippen molar-refractivity contribution < 1.29 is 9.21 Å². The minimum absolute atomic E-state index is 0.219. The van der Waals surface area contributed by atoms with Crippen molar-refractivity contribution in [2.45, 2.75) is 45.2 Å². The summed E-state index contributed by atoms with van der Waals surface area (Å²) in [6.07, 6.45) is 4.35. The van der Waals surface area contributed by atoms with Crippen LogP contribution in [0.25, 0.3) is 0 Å². The Morgan fingerprint density at radius 3 is 2.86 bits per heavy atom. The highest BCUT2D eigenvalue weighted by Gasteiger charge is 2.27. The molecule has 0 aliphatic carbocycles. The van der Waals surface area contributed by atoms with Gasteiger partial charge >= 0.3 is 0 Å². The number of carbonyl (C=O) groups is 1. The summed E-state index contributed by atoms with van der Waals surface area (Å²) in [4.78, 5) is 14.8. The molecule has 2 aromatic heterocycles.